The van der Waals surface area contributed by atoms with Crippen LogP contribution in [0.4, 0.5) is 10.1 Å². The first kappa shape index (κ1) is 22.9. The van der Waals surface area contributed by atoms with Crippen LogP contribution in [0.15, 0.2) is 78.2 Å². The van der Waals surface area contributed by atoms with Gasteiger partial charge < -0.3 is 9.64 Å². The molecule has 4 rings (SSSR count). The van der Waals surface area contributed by atoms with Crippen LogP contribution in [0.2, 0.25) is 0 Å². The number of rotatable bonds is 8. The number of amides is 1. The van der Waals surface area contributed by atoms with Gasteiger partial charge in [0.15, 0.2) is 12.3 Å². The SMILES string of the molecule is N#CCCN(C(=O)COC(=O)c1cc(-c2cccs2)nn1-c1ccccc1)c1ccc(F)cc1. The Balaban J connectivity index is 1.55. The van der Waals surface area contributed by atoms with Crippen LogP contribution in [0.1, 0.15) is 16.9 Å². The van der Waals surface area contributed by atoms with Gasteiger partial charge >= 0.3 is 5.97 Å². The molecule has 0 aliphatic carbocycles. The molecule has 2 heterocycles. The number of esters is 1. The van der Waals surface area contributed by atoms with E-state index in [1.54, 1.807) is 6.07 Å². The quantitative estimate of drug-likeness (QED) is 0.341. The van der Waals surface area contributed by atoms with E-state index in [0.29, 0.717) is 17.1 Å². The standard InChI is InChI=1S/C25H19FN4O3S/c26-18-9-11-19(12-10-18)29(14-5-13-27)24(31)17-33-25(32)22-16-21(23-8-4-15-34-23)28-30(22)20-6-2-1-3-7-20/h1-4,6-12,15-16H,5,14,17H2. The van der Waals surface area contributed by atoms with Gasteiger partial charge in [-0.25, -0.2) is 13.9 Å². The summed E-state index contributed by atoms with van der Waals surface area (Å²) < 4.78 is 20.1. The van der Waals surface area contributed by atoms with Crippen molar-refractivity contribution in [2.75, 3.05) is 18.1 Å². The lowest BCUT2D eigenvalue weighted by atomic mass is 10.2. The molecule has 0 saturated heterocycles. The minimum Gasteiger partial charge on any atom is -0.451 e. The Hall–Kier alpha value is -4.29. The maximum absolute atomic E-state index is 13.3. The topological polar surface area (TPSA) is 88.2 Å². The van der Waals surface area contributed by atoms with E-state index in [2.05, 4.69) is 5.10 Å². The highest BCUT2D eigenvalue weighted by Gasteiger charge is 2.22. The van der Waals surface area contributed by atoms with Crippen molar-refractivity contribution in [1.82, 2.24) is 9.78 Å². The number of carbonyl (C=O) groups is 2. The van der Waals surface area contributed by atoms with Crippen molar-refractivity contribution >= 4 is 28.9 Å². The molecular weight excluding hydrogens is 455 g/mol. The van der Waals surface area contributed by atoms with Crippen LogP contribution >= 0.6 is 11.3 Å². The second kappa shape index (κ2) is 10.6. The number of hydrogen-bond donors (Lipinski definition) is 0. The Labute approximate surface area is 199 Å². The molecule has 0 radical (unpaired) electrons. The lowest BCUT2D eigenvalue weighted by molar-refractivity contribution is -0.121. The predicted octanol–water partition coefficient (Wildman–Crippen LogP) is 4.84. The molecule has 4 aromatic rings. The number of anilines is 1. The Morgan fingerprint density at radius 1 is 1.09 bits per heavy atom. The molecule has 9 heteroatoms. The van der Waals surface area contributed by atoms with E-state index < -0.39 is 24.3 Å². The highest BCUT2D eigenvalue weighted by Crippen LogP contribution is 2.26. The number of benzene rings is 2. The fourth-order valence-corrected chi connectivity index (χ4v) is 3.98. The fourth-order valence-electron chi connectivity index (χ4n) is 3.30. The molecule has 0 unspecified atom stereocenters. The summed E-state index contributed by atoms with van der Waals surface area (Å²) in [6, 6.07) is 21.8. The van der Waals surface area contributed by atoms with E-state index in [1.165, 1.54) is 45.2 Å². The zero-order valence-electron chi connectivity index (χ0n) is 17.9. The first-order chi connectivity index (χ1) is 16.6. The minimum absolute atomic E-state index is 0.0714. The third-order valence-corrected chi connectivity index (χ3v) is 5.80. The van der Waals surface area contributed by atoms with E-state index >= 15 is 0 Å². The average molecular weight is 475 g/mol. The summed E-state index contributed by atoms with van der Waals surface area (Å²) in [6.07, 6.45) is 0.0714. The van der Waals surface area contributed by atoms with Gasteiger partial charge in [-0.15, -0.1) is 11.3 Å². The molecule has 34 heavy (non-hydrogen) atoms. The molecule has 0 aliphatic rings. The van der Waals surface area contributed by atoms with E-state index in [4.69, 9.17) is 10.00 Å². The van der Waals surface area contributed by atoms with Gasteiger partial charge in [-0.2, -0.15) is 10.4 Å². The summed E-state index contributed by atoms with van der Waals surface area (Å²) in [5, 5.41) is 15.4. The minimum atomic E-state index is -0.716. The number of nitriles is 1. The number of para-hydroxylation sites is 1. The first-order valence-corrected chi connectivity index (χ1v) is 11.2. The van der Waals surface area contributed by atoms with Gasteiger partial charge in [0.2, 0.25) is 0 Å². The monoisotopic (exact) mass is 474 g/mol. The number of nitrogens with zero attached hydrogens (tertiary/aromatic N) is 4. The summed E-state index contributed by atoms with van der Waals surface area (Å²) in [6.45, 7) is -0.459. The molecule has 2 aromatic carbocycles. The van der Waals surface area contributed by atoms with Gasteiger partial charge in [-0.05, 0) is 47.8 Å². The molecule has 0 bridgehead atoms. The zero-order valence-corrected chi connectivity index (χ0v) is 18.7. The first-order valence-electron chi connectivity index (χ1n) is 10.4. The molecule has 7 nitrogen and oxygen atoms in total. The summed E-state index contributed by atoms with van der Waals surface area (Å²) in [5.74, 6) is -1.69. The highest BCUT2D eigenvalue weighted by molar-refractivity contribution is 7.13. The Morgan fingerprint density at radius 2 is 1.85 bits per heavy atom. The van der Waals surface area contributed by atoms with Crippen LogP contribution in [-0.2, 0) is 9.53 Å². The third kappa shape index (κ3) is 5.19. The van der Waals surface area contributed by atoms with Crippen molar-refractivity contribution in [3.63, 3.8) is 0 Å². The molecule has 0 aliphatic heterocycles. The van der Waals surface area contributed by atoms with Crippen molar-refractivity contribution in [2.45, 2.75) is 6.42 Å². The highest BCUT2D eigenvalue weighted by atomic mass is 32.1. The Kier molecular flexibility index (Phi) is 7.10. The van der Waals surface area contributed by atoms with Gasteiger partial charge in [-0.1, -0.05) is 24.3 Å². The normalized spacial score (nSPS) is 10.5. The van der Waals surface area contributed by atoms with Crippen LogP contribution < -0.4 is 4.90 Å². The van der Waals surface area contributed by atoms with Crippen molar-refractivity contribution in [3.05, 3.63) is 89.7 Å². The van der Waals surface area contributed by atoms with Crippen LogP contribution in [-0.4, -0.2) is 34.8 Å². The summed E-state index contributed by atoms with van der Waals surface area (Å²) in [4.78, 5) is 28.0. The molecule has 0 N–H and O–H groups in total. The molecule has 170 valence electrons. The number of aromatic nitrogens is 2. The molecule has 0 atom stereocenters. The van der Waals surface area contributed by atoms with Crippen LogP contribution in [0, 0.1) is 17.1 Å². The number of halogens is 1. The lowest BCUT2D eigenvalue weighted by Gasteiger charge is -2.21. The van der Waals surface area contributed by atoms with Crippen LogP contribution in [0.3, 0.4) is 0 Å². The summed E-state index contributed by atoms with van der Waals surface area (Å²) in [5.41, 5.74) is 1.87. The van der Waals surface area contributed by atoms with Gasteiger partial charge in [0.05, 0.1) is 23.1 Å². The smallest absolute Gasteiger partial charge is 0.357 e. The van der Waals surface area contributed by atoms with Gasteiger partial charge in [0, 0.05) is 18.3 Å². The molecule has 0 saturated carbocycles. The van der Waals surface area contributed by atoms with Crippen molar-refractivity contribution < 1.29 is 18.7 Å². The van der Waals surface area contributed by atoms with E-state index in [0.717, 1.165) is 4.88 Å². The Bertz CT molecular complexity index is 1310. The number of thiophene rings is 1. The lowest BCUT2D eigenvalue weighted by Crippen LogP contribution is -2.35. The Morgan fingerprint density at radius 3 is 2.53 bits per heavy atom. The van der Waals surface area contributed by atoms with E-state index in [9.17, 15) is 14.0 Å². The second-order valence-electron chi connectivity index (χ2n) is 7.15. The largest absolute Gasteiger partial charge is 0.451 e. The fraction of sp³-hybridized carbons (Fsp3) is 0.120. The summed E-state index contributed by atoms with van der Waals surface area (Å²) in [7, 11) is 0. The van der Waals surface area contributed by atoms with Crippen LogP contribution in [0.5, 0.6) is 0 Å². The second-order valence-corrected chi connectivity index (χ2v) is 8.09. The van der Waals surface area contributed by atoms with Gasteiger partial charge in [0.1, 0.15) is 11.5 Å². The van der Waals surface area contributed by atoms with E-state index in [-0.39, 0.29) is 18.7 Å². The maximum atomic E-state index is 13.3. The number of ether oxygens (including phenoxy) is 1. The molecule has 0 fully saturated rings. The van der Waals surface area contributed by atoms with Crippen molar-refractivity contribution in [3.8, 4) is 22.3 Å². The molecule has 2 aromatic heterocycles. The number of hydrogen-bond acceptors (Lipinski definition) is 6. The van der Waals surface area contributed by atoms with Crippen molar-refractivity contribution in [2.24, 2.45) is 0 Å². The number of carbonyl (C=O) groups excluding carboxylic acids is 2. The molecular formula is C25H19FN4O3S. The average Bonchev–Trinajstić information content (AvgIpc) is 3.55. The maximum Gasteiger partial charge on any atom is 0.357 e. The molecule has 1 amide bonds. The van der Waals surface area contributed by atoms with Crippen molar-refractivity contribution in [1.29, 1.82) is 5.26 Å². The molecule has 0 spiro atoms. The third-order valence-electron chi connectivity index (χ3n) is 4.91. The summed E-state index contributed by atoms with van der Waals surface area (Å²) >= 11 is 1.49. The van der Waals surface area contributed by atoms with Gasteiger partial charge in [-0.3, -0.25) is 4.79 Å². The zero-order chi connectivity index (χ0) is 23.9. The van der Waals surface area contributed by atoms with Crippen LogP contribution in [0.25, 0.3) is 16.3 Å². The van der Waals surface area contributed by atoms with Gasteiger partial charge in [0.25, 0.3) is 5.91 Å². The predicted molar refractivity (Wildman–Crippen MR) is 126 cm³/mol. The van der Waals surface area contributed by atoms with E-state index in [1.807, 2.05) is 53.9 Å².